The summed E-state index contributed by atoms with van der Waals surface area (Å²) in [5, 5.41) is 11.7. The van der Waals surface area contributed by atoms with Crippen LogP contribution in [0.15, 0.2) is 0 Å². The number of carbonyl (C=O) groups excluding carboxylic acids is 1. The van der Waals surface area contributed by atoms with E-state index in [1.54, 1.807) is 0 Å². The molecule has 0 saturated heterocycles. The molecule has 0 heterocycles. The number of rotatable bonds is 4. The Morgan fingerprint density at radius 2 is 1.79 bits per heavy atom. The molecule has 4 aliphatic rings. The molecule has 0 aromatic carbocycles. The molecule has 1 atom stereocenters. The summed E-state index contributed by atoms with van der Waals surface area (Å²) in [7, 11) is 0. The summed E-state index contributed by atoms with van der Waals surface area (Å²) >= 11 is 0. The van der Waals surface area contributed by atoms with Crippen LogP contribution in [0.25, 0.3) is 0 Å². The minimum absolute atomic E-state index is 0.0651. The monoisotopic (exact) mass is 260 g/mol. The van der Waals surface area contributed by atoms with Crippen LogP contribution in [0.4, 0.5) is 0 Å². The van der Waals surface area contributed by atoms with Crippen LogP contribution in [-0.4, -0.2) is 12.5 Å². The van der Waals surface area contributed by atoms with Gasteiger partial charge in [-0.25, -0.2) is 0 Å². The normalized spacial score (nSPS) is 40.7. The zero-order chi connectivity index (χ0) is 13.4. The van der Waals surface area contributed by atoms with Crippen molar-refractivity contribution in [1.29, 1.82) is 5.26 Å². The second kappa shape index (κ2) is 5.15. The van der Waals surface area contributed by atoms with E-state index in [0.717, 1.165) is 30.2 Å². The first-order chi connectivity index (χ1) is 9.17. The van der Waals surface area contributed by atoms with Gasteiger partial charge in [0.05, 0.1) is 6.07 Å². The molecule has 19 heavy (non-hydrogen) atoms. The van der Waals surface area contributed by atoms with E-state index < -0.39 is 0 Å². The van der Waals surface area contributed by atoms with Crippen LogP contribution in [0.1, 0.15) is 45.4 Å². The molecule has 0 aromatic heterocycles. The molecule has 4 saturated carbocycles. The van der Waals surface area contributed by atoms with Crippen LogP contribution in [0, 0.1) is 46.8 Å². The van der Waals surface area contributed by atoms with Crippen molar-refractivity contribution in [1.82, 2.24) is 5.32 Å². The standard InChI is InChI=1S/C16H24N2O/c1-10(2-3-17)16(19)18-9-15-13-5-11-4-12(7-13)8-14(15)6-11/h10-15H,2,4-9H2,1H3,(H,18,19). The first-order valence-corrected chi connectivity index (χ1v) is 7.82. The summed E-state index contributed by atoms with van der Waals surface area (Å²) in [6, 6.07) is 2.08. The Labute approximate surface area is 115 Å². The Balaban J connectivity index is 1.53. The molecular weight excluding hydrogens is 236 g/mol. The van der Waals surface area contributed by atoms with Crippen LogP contribution in [0.3, 0.4) is 0 Å². The van der Waals surface area contributed by atoms with Gasteiger partial charge in [0.2, 0.25) is 5.91 Å². The third-order valence-electron chi connectivity index (χ3n) is 5.78. The van der Waals surface area contributed by atoms with E-state index in [1.165, 1.54) is 32.1 Å². The lowest BCUT2D eigenvalue weighted by atomic mass is 9.52. The summed E-state index contributed by atoms with van der Waals surface area (Å²) in [5.74, 6) is 4.33. The summed E-state index contributed by atoms with van der Waals surface area (Å²) < 4.78 is 0. The predicted molar refractivity (Wildman–Crippen MR) is 72.9 cm³/mol. The maximum Gasteiger partial charge on any atom is 0.223 e. The van der Waals surface area contributed by atoms with Gasteiger partial charge < -0.3 is 5.32 Å². The van der Waals surface area contributed by atoms with Crippen molar-refractivity contribution < 1.29 is 4.79 Å². The van der Waals surface area contributed by atoms with E-state index in [4.69, 9.17) is 5.26 Å². The van der Waals surface area contributed by atoms with Crippen LogP contribution in [0.2, 0.25) is 0 Å². The fraction of sp³-hybridized carbons (Fsp3) is 0.875. The highest BCUT2D eigenvalue weighted by molar-refractivity contribution is 5.78. The van der Waals surface area contributed by atoms with Gasteiger partial charge in [0.25, 0.3) is 0 Å². The van der Waals surface area contributed by atoms with Gasteiger partial charge in [-0.05, 0) is 61.7 Å². The van der Waals surface area contributed by atoms with Crippen molar-refractivity contribution in [2.24, 2.45) is 35.5 Å². The molecule has 0 spiro atoms. The van der Waals surface area contributed by atoms with Crippen molar-refractivity contribution in [2.75, 3.05) is 6.54 Å². The summed E-state index contributed by atoms with van der Waals surface area (Å²) in [4.78, 5) is 11.9. The molecule has 3 nitrogen and oxygen atoms in total. The first kappa shape index (κ1) is 13.0. The lowest BCUT2D eigenvalue weighted by molar-refractivity contribution is -0.125. The van der Waals surface area contributed by atoms with E-state index in [0.29, 0.717) is 12.3 Å². The molecular formula is C16H24N2O. The van der Waals surface area contributed by atoms with E-state index >= 15 is 0 Å². The van der Waals surface area contributed by atoms with Gasteiger partial charge in [0, 0.05) is 18.9 Å². The van der Waals surface area contributed by atoms with Gasteiger partial charge in [0.15, 0.2) is 0 Å². The lowest BCUT2D eigenvalue weighted by Gasteiger charge is -2.54. The fourth-order valence-corrected chi connectivity index (χ4v) is 4.99. The average molecular weight is 260 g/mol. The number of nitriles is 1. The number of amides is 1. The summed E-state index contributed by atoms with van der Waals surface area (Å²) in [5.41, 5.74) is 0. The first-order valence-electron chi connectivity index (χ1n) is 7.82. The molecule has 0 aromatic rings. The van der Waals surface area contributed by atoms with E-state index in [9.17, 15) is 4.79 Å². The third-order valence-corrected chi connectivity index (χ3v) is 5.78. The zero-order valence-electron chi connectivity index (χ0n) is 11.8. The smallest absolute Gasteiger partial charge is 0.223 e. The molecule has 4 aliphatic carbocycles. The van der Waals surface area contributed by atoms with Gasteiger partial charge in [-0.2, -0.15) is 5.26 Å². The molecule has 3 heteroatoms. The quantitative estimate of drug-likeness (QED) is 0.845. The topological polar surface area (TPSA) is 52.9 Å². The summed E-state index contributed by atoms with van der Waals surface area (Å²) in [6.07, 6.45) is 7.42. The number of carbonyl (C=O) groups is 1. The van der Waals surface area contributed by atoms with Gasteiger partial charge in [-0.3, -0.25) is 4.79 Å². The highest BCUT2D eigenvalue weighted by Gasteiger charge is 2.47. The molecule has 0 radical (unpaired) electrons. The Bertz CT molecular complexity index is 370. The van der Waals surface area contributed by atoms with Crippen LogP contribution in [0.5, 0.6) is 0 Å². The van der Waals surface area contributed by atoms with Crippen LogP contribution in [-0.2, 0) is 4.79 Å². The Kier molecular flexibility index (Phi) is 3.52. The number of hydrogen-bond donors (Lipinski definition) is 1. The van der Waals surface area contributed by atoms with Crippen molar-refractivity contribution in [2.45, 2.75) is 45.4 Å². The second-order valence-corrected chi connectivity index (χ2v) is 7.10. The van der Waals surface area contributed by atoms with Crippen molar-refractivity contribution >= 4 is 5.91 Å². The molecule has 0 aliphatic heterocycles. The van der Waals surface area contributed by atoms with E-state index in [2.05, 4.69) is 11.4 Å². The Morgan fingerprint density at radius 1 is 1.21 bits per heavy atom. The van der Waals surface area contributed by atoms with E-state index in [-0.39, 0.29) is 11.8 Å². The number of nitrogens with one attached hydrogen (secondary N) is 1. The lowest BCUT2D eigenvalue weighted by Crippen LogP contribution is -2.49. The van der Waals surface area contributed by atoms with Gasteiger partial charge in [-0.1, -0.05) is 6.92 Å². The predicted octanol–water partition coefficient (Wildman–Crippen LogP) is 2.72. The van der Waals surface area contributed by atoms with Crippen molar-refractivity contribution in [3.05, 3.63) is 0 Å². The second-order valence-electron chi connectivity index (χ2n) is 7.10. The molecule has 4 fully saturated rings. The van der Waals surface area contributed by atoms with Crippen molar-refractivity contribution in [3.63, 3.8) is 0 Å². The molecule has 1 unspecified atom stereocenters. The molecule has 4 bridgehead atoms. The molecule has 4 rings (SSSR count). The number of nitrogens with zero attached hydrogens (tertiary/aromatic N) is 1. The van der Waals surface area contributed by atoms with E-state index in [1.807, 2.05) is 6.92 Å². The van der Waals surface area contributed by atoms with Crippen molar-refractivity contribution in [3.8, 4) is 6.07 Å². The minimum atomic E-state index is -0.165. The summed E-state index contributed by atoms with van der Waals surface area (Å²) in [6.45, 7) is 2.69. The molecule has 1 N–H and O–H groups in total. The minimum Gasteiger partial charge on any atom is -0.356 e. The third kappa shape index (κ3) is 2.50. The van der Waals surface area contributed by atoms with Crippen LogP contribution >= 0.6 is 0 Å². The maximum atomic E-state index is 11.9. The fourth-order valence-electron chi connectivity index (χ4n) is 4.99. The Morgan fingerprint density at radius 3 is 2.32 bits per heavy atom. The van der Waals surface area contributed by atoms with Crippen LogP contribution < -0.4 is 5.32 Å². The van der Waals surface area contributed by atoms with Gasteiger partial charge >= 0.3 is 0 Å². The highest BCUT2D eigenvalue weighted by Crippen LogP contribution is 2.56. The maximum absolute atomic E-state index is 11.9. The SMILES string of the molecule is CC(CC#N)C(=O)NCC1C2CC3CC(C2)CC1C3. The largest absolute Gasteiger partial charge is 0.356 e. The molecule has 1 amide bonds. The van der Waals surface area contributed by atoms with Gasteiger partial charge in [-0.15, -0.1) is 0 Å². The Hall–Kier alpha value is -1.04. The zero-order valence-corrected chi connectivity index (χ0v) is 11.8. The van der Waals surface area contributed by atoms with Gasteiger partial charge in [0.1, 0.15) is 0 Å². The number of hydrogen-bond acceptors (Lipinski definition) is 2. The molecule has 104 valence electrons. The average Bonchev–Trinajstić information content (AvgIpc) is 2.37. The highest BCUT2D eigenvalue weighted by atomic mass is 16.1.